The fraction of sp³-hybridized carbons (Fsp3) is 0.200. The number of halogens is 2. The van der Waals surface area contributed by atoms with Crippen molar-refractivity contribution >= 4 is 33.0 Å². The highest BCUT2D eigenvalue weighted by molar-refractivity contribution is 7.90. The molecule has 6 heteroatoms. The molecule has 0 fully saturated rings. The molecule has 2 aromatic rings. The number of sulfone groups is 1. The largest absolute Gasteiger partial charge is 0.388 e. The molecule has 0 aliphatic carbocycles. The van der Waals surface area contributed by atoms with Crippen molar-refractivity contribution in [2.75, 3.05) is 6.26 Å². The molecule has 21 heavy (non-hydrogen) atoms. The summed E-state index contributed by atoms with van der Waals surface area (Å²) in [6.45, 7) is 0. The molecule has 0 aliphatic rings. The topological polar surface area (TPSA) is 54.4 Å². The highest BCUT2D eigenvalue weighted by atomic mass is 35.5. The van der Waals surface area contributed by atoms with E-state index in [2.05, 4.69) is 0 Å². The van der Waals surface area contributed by atoms with Gasteiger partial charge in [0.05, 0.1) is 11.0 Å². The summed E-state index contributed by atoms with van der Waals surface area (Å²) in [6.07, 6.45) is 0.706. The van der Waals surface area contributed by atoms with Gasteiger partial charge in [-0.2, -0.15) is 0 Å². The Hall–Kier alpha value is -1.07. The molecule has 0 bridgehead atoms. The number of aliphatic hydroxyl groups excluding tert-OH is 1. The summed E-state index contributed by atoms with van der Waals surface area (Å²) in [6, 6.07) is 11.3. The molecular formula is C15H14Cl2O3S. The quantitative estimate of drug-likeness (QED) is 0.920. The highest BCUT2D eigenvalue weighted by Gasteiger charge is 2.13. The van der Waals surface area contributed by atoms with Gasteiger partial charge in [-0.15, -0.1) is 0 Å². The smallest absolute Gasteiger partial charge is 0.175 e. The van der Waals surface area contributed by atoms with Crippen molar-refractivity contribution in [1.82, 2.24) is 0 Å². The summed E-state index contributed by atoms with van der Waals surface area (Å²) < 4.78 is 22.8. The summed E-state index contributed by atoms with van der Waals surface area (Å²) in [5.74, 6) is 0. The lowest BCUT2D eigenvalue weighted by molar-refractivity contribution is 0.178. The molecule has 1 unspecified atom stereocenters. The van der Waals surface area contributed by atoms with E-state index < -0.39 is 15.9 Å². The first-order chi connectivity index (χ1) is 9.77. The van der Waals surface area contributed by atoms with E-state index in [-0.39, 0.29) is 4.90 Å². The van der Waals surface area contributed by atoms with Gasteiger partial charge < -0.3 is 5.11 Å². The van der Waals surface area contributed by atoms with E-state index in [1.807, 2.05) is 0 Å². The van der Waals surface area contributed by atoms with Crippen LogP contribution in [0, 0.1) is 0 Å². The van der Waals surface area contributed by atoms with Crippen LogP contribution >= 0.6 is 23.2 Å². The number of hydrogen-bond acceptors (Lipinski definition) is 3. The lowest BCUT2D eigenvalue weighted by atomic mass is 10.0. The Balaban J connectivity index is 2.18. The van der Waals surface area contributed by atoms with Crippen LogP contribution in [-0.4, -0.2) is 19.8 Å². The first-order valence-electron chi connectivity index (χ1n) is 6.19. The van der Waals surface area contributed by atoms with Gasteiger partial charge in [0.2, 0.25) is 0 Å². The van der Waals surface area contributed by atoms with Gasteiger partial charge in [-0.25, -0.2) is 8.42 Å². The Morgan fingerprint density at radius 1 is 1.10 bits per heavy atom. The Morgan fingerprint density at radius 2 is 1.71 bits per heavy atom. The minimum Gasteiger partial charge on any atom is -0.388 e. The van der Waals surface area contributed by atoms with Crippen LogP contribution < -0.4 is 0 Å². The zero-order valence-electron chi connectivity index (χ0n) is 11.3. The number of aliphatic hydroxyl groups is 1. The second kappa shape index (κ2) is 6.36. The number of rotatable bonds is 4. The van der Waals surface area contributed by atoms with Crippen LogP contribution in [0.1, 0.15) is 17.2 Å². The third-order valence-corrected chi connectivity index (χ3v) is 4.84. The Bertz CT molecular complexity index is 740. The average molecular weight is 345 g/mol. The fourth-order valence-corrected chi connectivity index (χ4v) is 3.07. The van der Waals surface area contributed by atoms with E-state index >= 15 is 0 Å². The zero-order valence-corrected chi connectivity index (χ0v) is 13.6. The highest BCUT2D eigenvalue weighted by Crippen LogP contribution is 2.26. The van der Waals surface area contributed by atoms with E-state index in [1.54, 1.807) is 30.3 Å². The van der Waals surface area contributed by atoms with Crippen LogP contribution in [0.5, 0.6) is 0 Å². The molecule has 0 spiro atoms. The Kier molecular flexibility index (Phi) is 4.94. The summed E-state index contributed by atoms with van der Waals surface area (Å²) in [5.41, 5.74) is 1.41. The second-order valence-corrected chi connectivity index (χ2v) is 7.66. The van der Waals surface area contributed by atoms with E-state index in [0.29, 0.717) is 22.0 Å². The zero-order chi connectivity index (χ0) is 15.6. The molecule has 2 aromatic carbocycles. The summed E-state index contributed by atoms with van der Waals surface area (Å²) >= 11 is 11.9. The van der Waals surface area contributed by atoms with Crippen molar-refractivity contribution in [3.63, 3.8) is 0 Å². The van der Waals surface area contributed by atoms with Crippen LogP contribution in [0.4, 0.5) is 0 Å². The van der Waals surface area contributed by atoms with Gasteiger partial charge in [0.1, 0.15) is 0 Å². The molecule has 0 saturated heterocycles. The third kappa shape index (κ3) is 4.20. The van der Waals surface area contributed by atoms with Crippen molar-refractivity contribution in [1.29, 1.82) is 0 Å². The molecule has 0 saturated carbocycles. The third-order valence-electron chi connectivity index (χ3n) is 3.12. The maximum atomic E-state index is 11.4. The maximum Gasteiger partial charge on any atom is 0.175 e. The van der Waals surface area contributed by atoms with E-state index in [1.165, 1.54) is 12.1 Å². The van der Waals surface area contributed by atoms with Crippen molar-refractivity contribution in [3.8, 4) is 0 Å². The first-order valence-corrected chi connectivity index (χ1v) is 8.84. The SMILES string of the molecule is CS(=O)(=O)c1ccc(C(O)Cc2ccc(Cl)cc2Cl)cc1. The molecule has 0 amide bonds. The molecule has 0 aromatic heterocycles. The molecule has 112 valence electrons. The normalized spacial score (nSPS) is 13.1. The van der Waals surface area contributed by atoms with Crippen molar-refractivity contribution in [2.24, 2.45) is 0 Å². The van der Waals surface area contributed by atoms with Crippen molar-refractivity contribution in [3.05, 3.63) is 63.6 Å². The van der Waals surface area contributed by atoms with Gasteiger partial charge in [0.15, 0.2) is 9.84 Å². The number of hydrogen-bond donors (Lipinski definition) is 1. The first kappa shape index (κ1) is 16.3. The van der Waals surface area contributed by atoms with Crippen molar-refractivity contribution < 1.29 is 13.5 Å². The van der Waals surface area contributed by atoms with Gasteiger partial charge in [0.25, 0.3) is 0 Å². The molecule has 1 atom stereocenters. The van der Waals surface area contributed by atoms with E-state index in [0.717, 1.165) is 11.8 Å². The van der Waals surface area contributed by atoms with Gasteiger partial charge in [-0.1, -0.05) is 41.4 Å². The summed E-state index contributed by atoms with van der Waals surface area (Å²) in [7, 11) is -3.23. The molecule has 2 rings (SSSR count). The minimum atomic E-state index is -3.23. The molecule has 0 heterocycles. The predicted molar refractivity (Wildman–Crippen MR) is 84.7 cm³/mol. The van der Waals surface area contributed by atoms with Gasteiger partial charge >= 0.3 is 0 Å². The molecule has 1 N–H and O–H groups in total. The van der Waals surface area contributed by atoms with Crippen LogP contribution in [0.25, 0.3) is 0 Å². The van der Waals surface area contributed by atoms with Crippen LogP contribution in [0.3, 0.4) is 0 Å². The van der Waals surface area contributed by atoms with Crippen LogP contribution in [-0.2, 0) is 16.3 Å². The maximum absolute atomic E-state index is 11.4. The predicted octanol–water partition coefficient (Wildman–Crippen LogP) is 3.67. The van der Waals surface area contributed by atoms with Crippen LogP contribution in [0.2, 0.25) is 10.0 Å². The Morgan fingerprint density at radius 3 is 2.24 bits per heavy atom. The van der Waals surface area contributed by atoms with Crippen LogP contribution in [0.15, 0.2) is 47.4 Å². The van der Waals surface area contributed by atoms with E-state index in [9.17, 15) is 13.5 Å². The second-order valence-electron chi connectivity index (χ2n) is 4.80. The van der Waals surface area contributed by atoms with Gasteiger partial charge in [-0.05, 0) is 35.4 Å². The summed E-state index contributed by atoms with van der Waals surface area (Å²) in [4.78, 5) is 0.225. The Labute approximate surface area is 134 Å². The number of benzene rings is 2. The molecule has 0 aliphatic heterocycles. The molecule has 0 radical (unpaired) electrons. The van der Waals surface area contributed by atoms with Gasteiger partial charge in [0, 0.05) is 22.7 Å². The van der Waals surface area contributed by atoms with Gasteiger partial charge in [-0.3, -0.25) is 0 Å². The minimum absolute atomic E-state index is 0.225. The molecular weight excluding hydrogens is 331 g/mol. The average Bonchev–Trinajstić information content (AvgIpc) is 2.41. The lowest BCUT2D eigenvalue weighted by Crippen LogP contribution is -2.03. The lowest BCUT2D eigenvalue weighted by Gasteiger charge is -2.13. The summed E-state index contributed by atoms with van der Waals surface area (Å²) in [5, 5.41) is 11.3. The molecule has 3 nitrogen and oxygen atoms in total. The standard InChI is InChI=1S/C15H14Cl2O3S/c1-21(19,20)13-6-3-10(4-7-13)15(18)8-11-2-5-12(16)9-14(11)17/h2-7,9,15,18H,8H2,1H3. The van der Waals surface area contributed by atoms with Crippen molar-refractivity contribution in [2.45, 2.75) is 17.4 Å². The monoisotopic (exact) mass is 344 g/mol. The van der Waals surface area contributed by atoms with E-state index in [4.69, 9.17) is 23.2 Å². The fourth-order valence-electron chi connectivity index (χ4n) is 1.95.